The number of allylic oxidation sites excluding steroid dienone is 9. The Balaban J connectivity index is 2.00. The van der Waals surface area contributed by atoms with Crippen molar-refractivity contribution in [1.82, 2.24) is 5.32 Å². The molecular weight excluding hydrogens is 719 g/mol. The summed E-state index contributed by atoms with van der Waals surface area (Å²) in [6, 6.07) is -0.800. The number of ether oxygens (including phenoxy) is 2. The largest absolute Gasteiger partial charge is 0.394 e. The van der Waals surface area contributed by atoms with Crippen LogP contribution < -0.4 is 5.32 Å². The van der Waals surface area contributed by atoms with E-state index in [1.165, 1.54) is 103 Å². The van der Waals surface area contributed by atoms with Crippen molar-refractivity contribution >= 4 is 5.91 Å². The lowest BCUT2D eigenvalue weighted by molar-refractivity contribution is -0.302. The normalized spacial score (nSPS) is 21.6. The number of hydrogen-bond acceptors (Lipinski definition) is 8. The smallest absolute Gasteiger partial charge is 0.220 e. The number of rotatable bonds is 37. The summed E-state index contributed by atoms with van der Waals surface area (Å²) in [7, 11) is 0. The summed E-state index contributed by atoms with van der Waals surface area (Å²) in [6.45, 7) is 3.43. The van der Waals surface area contributed by atoms with E-state index in [4.69, 9.17) is 9.47 Å². The van der Waals surface area contributed by atoms with Crippen molar-refractivity contribution in [2.45, 2.75) is 224 Å². The molecule has 7 atom stereocenters. The molecule has 1 fully saturated rings. The van der Waals surface area contributed by atoms with Crippen LogP contribution in [0.2, 0.25) is 0 Å². The van der Waals surface area contributed by atoms with Crippen LogP contribution in [0.4, 0.5) is 0 Å². The number of amides is 1. The van der Waals surface area contributed by atoms with Gasteiger partial charge < -0.3 is 40.3 Å². The molecular formula is C48H85NO8. The molecule has 7 unspecified atom stereocenters. The van der Waals surface area contributed by atoms with Gasteiger partial charge >= 0.3 is 0 Å². The second-order valence-electron chi connectivity index (χ2n) is 15.8. The maximum Gasteiger partial charge on any atom is 0.220 e. The Bertz CT molecular complexity index is 1070. The van der Waals surface area contributed by atoms with Gasteiger partial charge in [0.2, 0.25) is 5.91 Å². The van der Waals surface area contributed by atoms with Gasteiger partial charge in [-0.25, -0.2) is 0 Å². The molecule has 9 nitrogen and oxygen atoms in total. The zero-order chi connectivity index (χ0) is 41.6. The Morgan fingerprint density at radius 1 is 0.614 bits per heavy atom. The van der Waals surface area contributed by atoms with Crippen LogP contribution in [-0.4, -0.2) is 87.5 Å². The zero-order valence-corrected chi connectivity index (χ0v) is 36.1. The number of nitrogens with one attached hydrogen (secondary N) is 1. The van der Waals surface area contributed by atoms with Gasteiger partial charge in [-0.2, -0.15) is 0 Å². The Morgan fingerprint density at radius 3 is 1.58 bits per heavy atom. The lowest BCUT2D eigenvalue weighted by Gasteiger charge is -2.40. The molecule has 1 aliphatic heterocycles. The Morgan fingerprint density at radius 2 is 1.09 bits per heavy atom. The number of hydrogen-bond donors (Lipinski definition) is 6. The van der Waals surface area contributed by atoms with Gasteiger partial charge in [0.25, 0.3) is 0 Å². The van der Waals surface area contributed by atoms with Crippen LogP contribution in [0.5, 0.6) is 0 Å². The third kappa shape index (κ3) is 28.9. The lowest BCUT2D eigenvalue weighted by Crippen LogP contribution is -2.60. The van der Waals surface area contributed by atoms with Crippen molar-refractivity contribution in [3.63, 3.8) is 0 Å². The Labute approximate surface area is 347 Å². The molecule has 330 valence electrons. The number of aliphatic hydroxyl groups excluding tert-OH is 5. The number of unbranched alkanes of at least 4 members (excludes halogenated alkanes) is 19. The highest BCUT2D eigenvalue weighted by molar-refractivity contribution is 5.76. The van der Waals surface area contributed by atoms with Crippen molar-refractivity contribution in [2.75, 3.05) is 13.2 Å². The number of carbonyl (C=O) groups excluding carboxylic acids is 1. The minimum atomic E-state index is -1.56. The fourth-order valence-corrected chi connectivity index (χ4v) is 6.92. The predicted octanol–water partition coefficient (Wildman–Crippen LogP) is 9.61. The first-order valence-corrected chi connectivity index (χ1v) is 23.0. The van der Waals surface area contributed by atoms with Gasteiger partial charge in [0.1, 0.15) is 24.4 Å². The molecule has 0 saturated carbocycles. The molecule has 0 radical (unpaired) electrons. The maximum absolute atomic E-state index is 12.8. The van der Waals surface area contributed by atoms with Crippen molar-refractivity contribution in [3.8, 4) is 0 Å². The second kappa shape index (κ2) is 38.1. The topological polar surface area (TPSA) is 149 Å². The maximum atomic E-state index is 12.8. The van der Waals surface area contributed by atoms with Gasteiger partial charge in [0, 0.05) is 6.42 Å². The summed E-state index contributed by atoms with van der Waals surface area (Å²) in [4.78, 5) is 12.8. The summed E-state index contributed by atoms with van der Waals surface area (Å²) in [6.07, 6.45) is 43.9. The van der Waals surface area contributed by atoms with E-state index in [1.807, 2.05) is 13.0 Å². The zero-order valence-electron chi connectivity index (χ0n) is 36.1. The van der Waals surface area contributed by atoms with Crippen LogP contribution in [-0.2, 0) is 14.3 Å². The van der Waals surface area contributed by atoms with Crippen molar-refractivity contribution in [1.29, 1.82) is 0 Å². The van der Waals surface area contributed by atoms with Gasteiger partial charge in [0.15, 0.2) is 6.29 Å². The quantitative estimate of drug-likeness (QED) is 0.0269. The van der Waals surface area contributed by atoms with Crippen LogP contribution in [0.1, 0.15) is 181 Å². The molecule has 1 amide bonds. The fourth-order valence-electron chi connectivity index (χ4n) is 6.92. The highest BCUT2D eigenvalue weighted by Crippen LogP contribution is 2.22. The first kappa shape index (κ1) is 52.9. The van der Waals surface area contributed by atoms with Crippen LogP contribution in [0.3, 0.4) is 0 Å². The first-order chi connectivity index (χ1) is 27.8. The molecule has 0 bridgehead atoms. The predicted molar refractivity (Wildman–Crippen MR) is 235 cm³/mol. The van der Waals surface area contributed by atoms with Crippen LogP contribution in [0.15, 0.2) is 60.8 Å². The Kier molecular flexibility index (Phi) is 35.4. The van der Waals surface area contributed by atoms with E-state index in [1.54, 1.807) is 6.08 Å². The molecule has 0 aliphatic carbocycles. The molecule has 1 heterocycles. The molecule has 57 heavy (non-hydrogen) atoms. The monoisotopic (exact) mass is 804 g/mol. The third-order valence-electron chi connectivity index (χ3n) is 10.6. The van der Waals surface area contributed by atoms with E-state index >= 15 is 0 Å². The molecule has 1 rings (SSSR count). The standard InChI is InChI=1S/C48H85NO8/c1-3-5-7-8-9-10-11-12-13-14-15-16-17-18-19-20-21-22-23-24-25-26-27-28-29-30-31-32-33-34-36-38-44(52)49-41(42(51)37-35-6-4-2)40-56-48-47(55)46(54)45(53)43(39-50)57-48/h5,7,9-10,12-13,15-16,35,37,41-43,45-48,50-51,53-55H,3-4,6,8,11,14,17-34,36,38-40H2,1-2H3,(H,49,52)/b7-5-,10-9-,13-12-,16-15-,37-35+. The first-order valence-electron chi connectivity index (χ1n) is 23.0. The molecule has 0 aromatic heterocycles. The summed E-state index contributed by atoms with van der Waals surface area (Å²) in [5.74, 6) is -0.190. The van der Waals surface area contributed by atoms with E-state index in [9.17, 15) is 30.3 Å². The highest BCUT2D eigenvalue weighted by atomic mass is 16.7. The highest BCUT2D eigenvalue weighted by Gasteiger charge is 2.44. The third-order valence-corrected chi connectivity index (χ3v) is 10.6. The molecule has 0 spiro atoms. The van der Waals surface area contributed by atoms with Crippen molar-refractivity contribution in [3.05, 3.63) is 60.8 Å². The number of aliphatic hydroxyl groups is 5. The van der Waals surface area contributed by atoms with Gasteiger partial charge in [-0.1, -0.05) is 184 Å². The second-order valence-corrected chi connectivity index (χ2v) is 15.8. The lowest BCUT2D eigenvalue weighted by atomic mass is 9.99. The van der Waals surface area contributed by atoms with E-state index < -0.39 is 49.5 Å². The average molecular weight is 804 g/mol. The van der Waals surface area contributed by atoms with E-state index in [-0.39, 0.29) is 12.5 Å². The summed E-state index contributed by atoms with van der Waals surface area (Å²) >= 11 is 0. The molecule has 6 N–H and O–H groups in total. The van der Waals surface area contributed by atoms with Gasteiger partial charge in [0.05, 0.1) is 25.4 Å². The summed E-state index contributed by atoms with van der Waals surface area (Å²) in [5.41, 5.74) is 0. The van der Waals surface area contributed by atoms with E-state index in [0.29, 0.717) is 6.42 Å². The van der Waals surface area contributed by atoms with Gasteiger partial charge in [-0.05, 0) is 51.4 Å². The van der Waals surface area contributed by atoms with E-state index in [0.717, 1.165) is 57.8 Å². The average Bonchev–Trinajstić information content (AvgIpc) is 3.21. The number of carbonyl (C=O) groups is 1. The molecule has 9 heteroatoms. The fraction of sp³-hybridized carbons (Fsp3) is 0.771. The molecule has 1 saturated heterocycles. The van der Waals surface area contributed by atoms with Crippen molar-refractivity contribution < 1.29 is 39.8 Å². The van der Waals surface area contributed by atoms with Crippen LogP contribution >= 0.6 is 0 Å². The summed E-state index contributed by atoms with van der Waals surface area (Å²) in [5, 5.41) is 53.4. The van der Waals surface area contributed by atoms with Crippen LogP contribution in [0, 0.1) is 0 Å². The molecule has 1 aliphatic rings. The van der Waals surface area contributed by atoms with Crippen molar-refractivity contribution in [2.24, 2.45) is 0 Å². The molecule has 0 aromatic rings. The van der Waals surface area contributed by atoms with Crippen LogP contribution in [0.25, 0.3) is 0 Å². The molecule has 0 aromatic carbocycles. The minimum Gasteiger partial charge on any atom is -0.394 e. The minimum absolute atomic E-state index is 0.190. The Hall–Kier alpha value is -2.11. The SMILES string of the molecule is CC/C=C\C/C=C\C/C=C\C/C=C\CCCCCCCCCCCCCCCCCCCCC(=O)NC(COC1OC(CO)C(O)C(O)C1O)C(O)/C=C/CCC. The van der Waals surface area contributed by atoms with E-state index in [2.05, 4.69) is 60.8 Å². The summed E-state index contributed by atoms with van der Waals surface area (Å²) < 4.78 is 11.0. The van der Waals surface area contributed by atoms with Gasteiger partial charge in [-0.15, -0.1) is 0 Å². The van der Waals surface area contributed by atoms with Gasteiger partial charge in [-0.3, -0.25) is 4.79 Å².